The highest BCUT2D eigenvalue weighted by molar-refractivity contribution is 5.12. The molecule has 3 heteroatoms. The fraction of sp³-hybridized carbons (Fsp3) is 0.667. The van der Waals surface area contributed by atoms with Crippen molar-refractivity contribution in [3.63, 3.8) is 0 Å². The zero-order valence-corrected chi connectivity index (χ0v) is 9.10. The van der Waals surface area contributed by atoms with Gasteiger partial charge in [-0.2, -0.15) is 0 Å². The van der Waals surface area contributed by atoms with Gasteiger partial charge in [-0.1, -0.05) is 19.3 Å². The van der Waals surface area contributed by atoms with Crippen LogP contribution in [0.15, 0.2) is 18.7 Å². The van der Waals surface area contributed by atoms with Crippen LogP contribution in [0.4, 0.5) is 0 Å². The quantitative estimate of drug-likeness (QED) is 0.752. The summed E-state index contributed by atoms with van der Waals surface area (Å²) in [5, 5.41) is 0. The van der Waals surface area contributed by atoms with Crippen molar-refractivity contribution in [3.05, 3.63) is 24.3 Å². The normalized spacial score (nSPS) is 27.3. The van der Waals surface area contributed by atoms with Gasteiger partial charge in [-0.05, 0) is 36.8 Å². The molecule has 1 fully saturated rings. The molecular weight excluding hydrogens is 186 g/mol. The van der Waals surface area contributed by atoms with Crippen molar-refractivity contribution >= 4 is 0 Å². The van der Waals surface area contributed by atoms with E-state index in [1.165, 1.54) is 37.7 Å². The van der Waals surface area contributed by atoms with E-state index in [1.54, 1.807) is 6.33 Å². The molecule has 1 aliphatic carbocycles. The van der Waals surface area contributed by atoms with Crippen LogP contribution >= 0.6 is 0 Å². The summed E-state index contributed by atoms with van der Waals surface area (Å²) in [6, 6.07) is 0. The largest absolute Gasteiger partial charge is 0.330 e. The molecular formula is C12H19N3. The predicted octanol–water partition coefficient (Wildman–Crippen LogP) is 2.10. The second kappa shape index (κ2) is 5.21. The van der Waals surface area contributed by atoms with Gasteiger partial charge in [0, 0.05) is 12.4 Å². The Kier molecular flexibility index (Phi) is 3.67. The monoisotopic (exact) mass is 205 g/mol. The lowest BCUT2D eigenvalue weighted by molar-refractivity contribution is 0.407. The molecule has 2 unspecified atom stereocenters. The number of nitrogens with two attached hydrogens (primary N) is 1. The molecule has 1 aliphatic rings. The Morgan fingerprint density at radius 1 is 1.13 bits per heavy atom. The molecule has 1 aromatic heterocycles. The Balaban J connectivity index is 2.16. The van der Waals surface area contributed by atoms with Gasteiger partial charge in [-0.3, -0.25) is 0 Å². The first-order valence-electron chi connectivity index (χ1n) is 5.87. The van der Waals surface area contributed by atoms with Crippen LogP contribution in [-0.2, 0) is 0 Å². The van der Waals surface area contributed by atoms with Crippen molar-refractivity contribution in [1.29, 1.82) is 0 Å². The maximum absolute atomic E-state index is 5.86. The number of rotatable bonds is 2. The Morgan fingerprint density at radius 3 is 2.60 bits per heavy atom. The fourth-order valence-corrected chi connectivity index (χ4v) is 2.61. The lowest BCUT2D eigenvalue weighted by atomic mass is 9.84. The summed E-state index contributed by atoms with van der Waals surface area (Å²) in [5.74, 6) is 1.21. The minimum atomic E-state index is 0.582. The van der Waals surface area contributed by atoms with Crippen LogP contribution in [0.1, 0.15) is 43.6 Å². The van der Waals surface area contributed by atoms with Gasteiger partial charge in [0.1, 0.15) is 6.33 Å². The van der Waals surface area contributed by atoms with E-state index >= 15 is 0 Å². The molecule has 0 spiro atoms. The SMILES string of the molecule is NCC1CCCCCC1c1cncnc1. The number of aromatic nitrogens is 2. The maximum atomic E-state index is 5.86. The first kappa shape index (κ1) is 10.6. The van der Waals surface area contributed by atoms with Gasteiger partial charge in [-0.25, -0.2) is 9.97 Å². The van der Waals surface area contributed by atoms with Crippen molar-refractivity contribution in [2.24, 2.45) is 11.7 Å². The first-order chi connectivity index (χ1) is 7.42. The molecule has 0 radical (unpaired) electrons. The average Bonchev–Trinajstić information content (AvgIpc) is 2.55. The maximum Gasteiger partial charge on any atom is 0.115 e. The highest BCUT2D eigenvalue weighted by Gasteiger charge is 2.24. The molecule has 0 bridgehead atoms. The third-order valence-corrected chi connectivity index (χ3v) is 3.47. The fourth-order valence-electron chi connectivity index (χ4n) is 2.61. The third-order valence-electron chi connectivity index (χ3n) is 3.47. The number of hydrogen-bond acceptors (Lipinski definition) is 3. The Hall–Kier alpha value is -0.960. The number of hydrogen-bond donors (Lipinski definition) is 1. The molecule has 3 nitrogen and oxygen atoms in total. The molecule has 2 N–H and O–H groups in total. The predicted molar refractivity (Wildman–Crippen MR) is 60.4 cm³/mol. The van der Waals surface area contributed by atoms with Crippen LogP contribution < -0.4 is 5.73 Å². The summed E-state index contributed by atoms with van der Waals surface area (Å²) in [6.07, 6.45) is 12.0. The lowest BCUT2D eigenvalue weighted by Gasteiger charge is -2.23. The second-order valence-electron chi connectivity index (χ2n) is 4.41. The van der Waals surface area contributed by atoms with Crippen molar-refractivity contribution in [2.45, 2.75) is 38.0 Å². The van der Waals surface area contributed by atoms with E-state index in [0.29, 0.717) is 11.8 Å². The van der Waals surface area contributed by atoms with Gasteiger partial charge < -0.3 is 5.73 Å². The van der Waals surface area contributed by atoms with E-state index in [4.69, 9.17) is 5.73 Å². The molecule has 0 saturated heterocycles. The number of nitrogens with zero attached hydrogens (tertiary/aromatic N) is 2. The third kappa shape index (κ3) is 2.53. The van der Waals surface area contributed by atoms with Gasteiger partial charge >= 0.3 is 0 Å². The van der Waals surface area contributed by atoms with Crippen molar-refractivity contribution in [3.8, 4) is 0 Å². The summed E-state index contributed by atoms with van der Waals surface area (Å²) >= 11 is 0. The zero-order valence-electron chi connectivity index (χ0n) is 9.10. The van der Waals surface area contributed by atoms with Gasteiger partial charge in [-0.15, -0.1) is 0 Å². The highest BCUT2D eigenvalue weighted by Crippen LogP contribution is 2.35. The molecule has 0 aromatic carbocycles. The van der Waals surface area contributed by atoms with Crippen LogP contribution in [0.25, 0.3) is 0 Å². The average molecular weight is 205 g/mol. The molecule has 2 rings (SSSR count). The summed E-state index contributed by atoms with van der Waals surface area (Å²) in [5.41, 5.74) is 7.13. The van der Waals surface area contributed by atoms with Crippen molar-refractivity contribution in [2.75, 3.05) is 6.54 Å². The van der Waals surface area contributed by atoms with Crippen LogP contribution in [0.5, 0.6) is 0 Å². The van der Waals surface area contributed by atoms with E-state index in [2.05, 4.69) is 9.97 Å². The summed E-state index contributed by atoms with van der Waals surface area (Å²) < 4.78 is 0. The smallest absolute Gasteiger partial charge is 0.115 e. The van der Waals surface area contributed by atoms with E-state index < -0.39 is 0 Å². The lowest BCUT2D eigenvalue weighted by Crippen LogP contribution is -2.21. The van der Waals surface area contributed by atoms with Crippen LogP contribution in [-0.4, -0.2) is 16.5 Å². The van der Waals surface area contributed by atoms with E-state index in [9.17, 15) is 0 Å². The Bertz CT molecular complexity index is 286. The summed E-state index contributed by atoms with van der Waals surface area (Å²) in [7, 11) is 0. The molecule has 1 aromatic rings. The van der Waals surface area contributed by atoms with Gasteiger partial charge in [0.25, 0.3) is 0 Å². The molecule has 82 valence electrons. The standard InChI is InChI=1S/C12H19N3/c13-6-10-4-2-1-3-5-12(10)11-7-14-9-15-8-11/h7-10,12H,1-6,13H2. The van der Waals surface area contributed by atoms with Crippen molar-refractivity contribution < 1.29 is 0 Å². The minimum absolute atomic E-state index is 0.582. The summed E-state index contributed by atoms with van der Waals surface area (Å²) in [6.45, 7) is 0.791. The molecule has 0 aliphatic heterocycles. The van der Waals surface area contributed by atoms with E-state index in [0.717, 1.165) is 6.54 Å². The van der Waals surface area contributed by atoms with Crippen LogP contribution in [0.3, 0.4) is 0 Å². The first-order valence-corrected chi connectivity index (χ1v) is 5.87. The molecule has 0 amide bonds. The van der Waals surface area contributed by atoms with Gasteiger partial charge in [0.05, 0.1) is 0 Å². The zero-order chi connectivity index (χ0) is 10.5. The van der Waals surface area contributed by atoms with Crippen LogP contribution in [0.2, 0.25) is 0 Å². The van der Waals surface area contributed by atoms with Gasteiger partial charge in [0.2, 0.25) is 0 Å². The van der Waals surface area contributed by atoms with E-state index in [-0.39, 0.29) is 0 Å². The van der Waals surface area contributed by atoms with Crippen LogP contribution in [0, 0.1) is 5.92 Å². The topological polar surface area (TPSA) is 51.8 Å². The summed E-state index contributed by atoms with van der Waals surface area (Å²) in [4.78, 5) is 8.21. The van der Waals surface area contributed by atoms with Crippen molar-refractivity contribution in [1.82, 2.24) is 9.97 Å². The minimum Gasteiger partial charge on any atom is -0.330 e. The molecule has 1 saturated carbocycles. The molecule has 2 atom stereocenters. The van der Waals surface area contributed by atoms with E-state index in [1.807, 2.05) is 12.4 Å². The Morgan fingerprint density at radius 2 is 1.87 bits per heavy atom. The second-order valence-corrected chi connectivity index (χ2v) is 4.41. The highest BCUT2D eigenvalue weighted by atomic mass is 14.8. The Labute approximate surface area is 91.1 Å². The molecule has 1 heterocycles. The van der Waals surface area contributed by atoms with Gasteiger partial charge in [0.15, 0.2) is 0 Å². The molecule has 15 heavy (non-hydrogen) atoms.